The molecule has 6 heteroatoms. The number of fused-ring (bicyclic) bond motifs is 3. The van der Waals surface area contributed by atoms with Gasteiger partial charge in [-0.3, -0.25) is 4.79 Å². The van der Waals surface area contributed by atoms with E-state index >= 15 is 0 Å². The van der Waals surface area contributed by atoms with Crippen LogP contribution in [0.3, 0.4) is 0 Å². The molecule has 2 N–H and O–H groups in total. The van der Waals surface area contributed by atoms with E-state index < -0.39 is 23.4 Å². The van der Waals surface area contributed by atoms with Crippen LogP contribution < -0.4 is 5.73 Å². The molecule has 1 heterocycles. The van der Waals surface area contributed by atoms with Crippen LogP contribution in [0, 0.1) is 23.5 Å². The zero-order valence-electron chi connectivity index (χ0n) is 13.4. The molecule has 4 rings (SSSR count). The molecule has 26 heavy (non-hydrogen) atoms. The summed E-state index contributed by atoms with van der Waals surface area (Å²) in [6, 6.07) is 14.7. The third-order valence-corrected chi connectivity index (χ3v) is 4.39. The molecule has 1 aromatic heterocycles. The third kappa shape index (κ3) is 2.42. The van der Waals surface area contributed by atoms with Crippen LogP contribution in [-0.2, 0) is 6.54 Å². The van der Waals surface area contributed by atoms with E-state index in [1.54, 1.807) is 41.0 Å². The summed E-state index contributed by atoms with van der Waals surface area (Å²) in [5.74, 6) is -3.79. The van der Waals surface area contributed by atoms with Crippen LogP contribution in [0.15, 0.2) is 48.5 Å². The van der Waals surface area contributed by atoms with Crippen molar-refractivity contribution in [2.75, 3.05) is 0 Å². The van der Waals surface area contributed by atoms with E-state index in [2.05, 4.69) is 6.07 Å². The van der Waals surface area contributed by atoms with E-state index in [9.17, 15) is 18.0 Å². The molecule has 1 radical (unpaired) electrons. The molecule has 0 aliphatic rings. The highest BCUT2D eigenvalue weighted by Gasteiger charge is 2.18. The molecule has 0 aliphatic heterocycles. The zero-order valence-corrected chi connectivity index (χ0v) is 13.4. The summed E-state index contributed by atoms with van der Waals surface area (Å²) in [7, 11) is 0. The van der Waals surface area contributed by atoms with Crippen molar-refractivity contribution in [3.63, 3.8) is 0 Å². The molecule has 1 amide bonds. The third-order valence-electron chi connectivity index (χ3n) is 4.39. The maximum atomic E-state index is 14.1. The second-order valence-electron chi connectivity index (χ2n) is 5.94. The highest BCUT2D eigenvalue weighted by molar-refractivity contribution is 6.17. The predicted octanol–water partition coefficient (Wildman–Crippen LogP) is 4.16. The fourth-order valence-corrected chi connectivity index (χ4v) is 3.24. The molecule has 3 nitrogen and oxygen atoms in total. The van der Waals surface area contributed by atoms with Crippen molar-refractivity contribution in [2.24, 2.45) is 5.73 Å². The van der Waals surface area contributed by atoms with Gasteiger partial charge in [0.15, 0.2) is 11.6 Å². The van der Waals surface area contributed by atoms with Crippen LogP contribution >= 0.6 is 0 Å². The van der Waals surface area contributed by atoms with Gasteiger partial charge >= 0.3 is 0 Å². The van der Waals surface area contributed by atoms with Crippen molar-refractivity contribution in [3.8, 4) is 0 Å². The monoisotopic (exact) mass is 353 g/mol. The smallest absolute Gasteiger partial charge is 0.249 e. The second kappa shape index (κ2) is 5.91. The van der Waals surface area contributed by atoms with Gasteiger partial charge in [-0.25, -0.2) is 13.2 Å². The minimum Gasteiger partial charge on any atom is -0.366 e. The van der Waals surface area contributed by atoms with Crippen molar-refractivity contribution in [1.82, 2.24) is 4.57 Å². The lowest BCUT2D eigenvalue weighted by Crippen LogP contribution is -2.11. The Morgan fingerprint density at radius 1 is 1.00 bits per heavy atom. The molecule has 0 unspecified atom stereocenters. The first kappa shape index (κ1) is 16.2. The molecular formula is C20H12F3N2O. The summed E-state index contributed by atoms with van der Waals surface area (Å²) in [4.78, 5) is 11.8. The van der Waals surface area contributed by atoms with Crippen LogP contribution in [0.4, 0.5) is 13.2 Å². The Morgan fingerprint density at radius 3 is 2.50 bits per heavy atom. The van der Waals surface area contributed by atoms with Gasteiger partial charge in [-0.05, 0) is 30.3 Å². The van der Waals surface area contributed by atoms with Crippen molar-refractivity contribution in [2.45, 2.75) is 6.54 Å². The molecule has 4 aromatic rings. The fraction of sp³-hybridized carbons (Fsp3) is 0.0500. The standard InChI is InChI=1S/C20H12F3N2O/c21-14-9-16(23)15(22)8-11(14)10-25-17-6-2-1-4-12(17)19-13(20(24)26)5-3-7-18(19)25/h1-3,5-9H,10H2,(H2,24,26). The molecule has 129 valence electrons. The fourth-order valence-electron chi connectivity index (χ4n) is 3.24. The van der Waals surface area contributed by atoms with E-state index in [0.717, 1.165) is 6.07 Å². The highest BCUT2D eigenvalue weighted by atomic mass is 19.2. The van der Waals surface area contributed by atoms with Crippen molar-refractivity contribution < 1.29 is 18.0 Å². The second-order valence-corrected chi connectivity index (χ2v) is 5.94. The van der Waals surface area contributed by atoms with E-state index in [1.165, 1.54) is 0 Å². The van der Waals surface area contributed by atoms with Gasteiger partial charge in [-0.15, -0.1) is 0 Å². The molecule has 0 saturated heterocycles. The Balaban J connectivity index is 2.02. The predicted molar refractivity (Wildman–Crippen MR) is 92.2 cm³/mol. The molecule has 0 aliphatic carbocycles. The maximum Gasteiger partial charge on any atom is 0.249 e. The number of benzene rings is 3. The molecule has 0 fully saturated rings. The number of hydrogen-bond acceptors (Lipinski definition) is 1. The van der Waals surface area contributed by atoms with Crippen molar-refractivity contribution >= 4 is 27.7 Å². The van der Waals surface area contributed by atoms with Gasteiger partial charge in [0.1, 0.15) is 5.82 Å². The first-order chi connectivity index (χ1) is 12.5. The minimum atomic E-state index is -1.24. The van der Waals surface area contributed by atoms with E-state index in [1.807, 2.05) is 0 Å². The van der Waals surface area contributed by atoms with Crippen LogP contribution in [0.5, 0.6) is 0 Å². The normalized spacial score (nSPS) is 11.3. The number of aromatic nitrogens is 1. The first-order valence-electron chi connectivity index (χ1n) is 7.82. The quantitative estimate of drug-likeness (QED) is 0.553. The number of primary amides is 1. The molecular weight excluding hydrogens is 341 g/mol. The number of carbonyl (C=O) groups excluding carboxylic acids is 1. The Labute approximate surface area is 146 Å². The largest absolute Gasteiger partial charge is 0.366 e. The van der Waals surface area contributed by atoms with Gasteiger partial charge in [0.25, 0.3) is 0 Å². The average Bonchev–Trinajstić information content (AvgIpc) is 2.94. The van der Waals surface area contributed by atoms with E-state index in [0.29, 0.717) is 33.4 Å². The lowest BCUT2D eigenvalue weighted by molar-refractivity contribution is 0.100. The molecule has 0 spiro atoms. The number of halogens is 3. The van der Waals surface area contributed by atoms with Crippen LogP contribution in [-0.4, -0.2) is 10.5 Å². The lowest BCUT2D eigenvalue weighted by atomic mass is 10.1. The molecule has 0 atom stereocenters. The van der Waals surface area contributed by atoms with Gasteiger partial charge in [0, 0.05) is 28.0 Å². The van der Waals surface area contributed by atoms with Crippen molar-refractivity contribution in [1.29, 1.82) is 0 Å². The highest BCUT2D eigenvalue weighted by Crippen LogP contribution is 2.32. The number of carbonyl (C=O) groups is 1. The van der Waals surface area contributed by atoms with E-state index in [-0.39, 0.29) is 12.1 Å². The SMILES string of the molecule is NC(=O)c1cccc2c1c1[c]cccc1n2Cc1cc(F)c(F)cc1F. The van der Waals surface area contributed by atoms with Gasteiger partial charge in [-0.2, -0.15) is 0 Å². The van der Waals surface area contributed by atoms with Gasteiger partial charge < -0.3 is 10.3 Å². The van der Waals surface area contributed by atoms with Crippen LogP contribution in [0.25, 0.3) is 21.8 Å². The number of rotatable bonds is 3. The summed E-state index contributed by atoms with van der Waals surface area (Å²) < 4.78 is 42.6. The number of hydrogen-bond donors (Lipinski definition) is 1. The summed E-state index contributed by atoms with van der Waals surface area (Å²) in [5.41, 5.74) is 7.10. The zero-order chi connectivity index (χ0) is 18.4. The number of amides is 1. The maximum absolute atomic E-state index is 14.1. The van der Waals surface area contributed by atoms with Gasteiger partial charge in [0.05, 0.1) is 17.6 Å². The Morgan fingerprint density at radius 2 is 1.73 bits per heavy atom. The molecule has 3 aromatic carbocycles. The Kier molecular flexibility index (Phi) is 3.68. The van der Waals surface area contributed by atoms with Gasteiger partial charge in [0.2, 0.25) is 5.91 Å². The summed E-state index contributed by atoms with van der Waals surface area (Å²) >= 11 is 0. The lowest BCUT2D eigenvalue weighted by Gasteiger charge is -2.09. The van der Waals surface area contributed by atoms with Crippen LogP contribution in [0.1, 0.15) is 15.9 Å². The summed E-state index contributed by atoms with van der Waals surface area (Å²) in [6.45, 7) is -0.0386. The van der Waals surface area contributed by atoms with E-state index in [4.69, 9.17) is 5.73 Å². The van der Waals surface area contributed by atoms with Gasteiger partial charge in [-0.1, -0.05) is 18.2 Å². The average molecular weight is 353 g/mol. The summed E-state index contributed by atoms with van der Waals surface area (Å²) in [5, 5.41) is 1.25. The Bertz CT molecular complexity index is 1180. The topological polar surface area (TPSA) is 48.0 Å². The molecule has 0 saturated carbocycles. The number of nitrogens with zero attached hydrogens (tertiary/aromatic N) is 1. The Hall–Kier alpha value is -3.28. The van der Waals surface area contributed by atoms with Crippen LogP contribution in [0.2, 0.25) is 0 Å². The van der Waals surface area contributed by atoms with Crippen molar-refractivity contribution in [3.05, 3.63) is 83.2 Å². The molecule has 0 bridgehead atoms. The number of nitrogens with two attached hydrogens (primary N) is 1. The minimum absolute atomic E-state index is 0.00367. The summed E-state index contributed by atoms with van der Waals surface area (Å²) in [6.07, 6.45) is 0. The first-order valence-corrected chi connectivity index (χ1v) is 7.82.